The monoisotopic (exact) mass is 459 g/mol. The van der Waals surface area contributed by atoms with Crippen molar-refractivity contribution >= 4 is 33.2 Å². The summed E-state index contributed by atoms with van der Waals surface area (Å²) in [6.45, 7) is 5.84. The standard InChI is InChI=1S/C23H29N3O5S/c1-5-16(3)24-22(27)17-8-6-7-9-18(17)25-23(28)21-12-13-26(32(4,29)30)19-14-15(2)10-11-20(19)31-21/h6-11,14,16,21H,5,12-13H2,1-4H3,(H,24,27)(H,25,28)/t16-,21+/m0/s1. The summed E-state index contributed by atoms with van der Waals surface area (Å²) in [7, 11) is -3.55. The van der Waals surface area contributed by atoms with Crippen LogP contribution in [0.3, 0.4) is 0 Å². The highest BCUT2D eigenvalue weighted by atomic mass is 32.2. The summed E-state index contributed by atoms with van der Waals surface area (Å²) in [6.07, 6.45) is 1.15. The van der Waals surface area contributed by atoms with Crippen molar-refractivity contribution in [2.45, 2.75) is 45.8 Å². The Hall–Kier alpha value is -3.07. The van der Waals surface area contributed by atoms with Gasteiger partial charge in [0.15, 0.2) is 6.10 Å². The zero-order valence-electron chi connectivity index (χ0n) is 18.7. The first kappa shape index (κ1) is 23.6. The number of sulfonamides is 1. The number of nitrogens with one attached hydrogen (secondary N) is 2. The van der Waals surface area contributed by atoms with Crippen LogP contribution in [-0.2, 0) is 14.8 Å². The third kappa shape index (κ3) is 5.40. The molecule has 2 atom stereocenters. The fourth-order valence-electron chi connectivity index (χ4n) is 3.43. The number of carbonyl (C=O) groups excluding carboxylic acids is 2. The fraction of sp³-hybridized carbons (Fsp3) is 0.391. The maximum absolute atomic E-state index is 13.1. The molecular weight excluding hydrogens is 430 g/mol. The van der Waals surface area contributed by atoms with E-state index in [1.165, 1.54) is 4.31 Å². The normalized spacial score (nSPS) is 16.9. The largest absolute Gasteiger partial charge is 0.478 e. The first-order chi connectivity index (χ1) is 15.1. The van der Waals surface area contributed by atoms with Crippen LogP contribution in [0.5, 0.6) is 5.75 Å². The predicted octanol–water partition coefficient (Wildman–Crippen LogP) is 3.08. The van der Waals surface area contributed by atoms with Gasteiger partial charge in [0.05, 0.1) is 23.2 Å². The lowest BCUT2D eigenvalue weighted by Crippen LogP contribution is -2.37. The van der Waals surface area contributed by atoms with Gasteiger partial charge in [-0.2, -0.15) is 0 Å². The van der Waals surface area contributed by atoms with Gasteiger partial charge in [0, 0.05) is 19.0 Å². The second-order valence-corrected chi connectivity index (χ2v) is 9.93. The lowest BCUT2D eigenvalue weighted by Gasteiger charge is -2.21. The fourth-order valence-corrected chi connectivity index (χ4v) is 4.36. The summed E-state index contributed by atoms with van der Waals surface area (Å²) in [4.78, 5) is 25.7. The quantitative estimate of drug-likeness (QED) is 0.691. The van der Waals surface area contributed by atoms with Crippen LogP contribution >= 0.6 is 0 Å². The van der Waals surface area contributed by atoms with E-state index >= 15 is 0 Å². The van der Waals surface area contributed by atoms with E-state index in [0.717, 1.165) is 18.2 Å². The highest BCUT2D eigenvalue weighted by Gasteiger charge is 2.31. The third-order valence-electron chi connectivity index (χ3n) is 5.36. The minimum atomic E-state index is -3.55. The van der Waals surface area contributed by atoms with Crippen molar-refractivity contribution in [3.05, 3.63) is 53.6 Å². The van der Waals surface area contributed by atoms with Crippen molar-refractivity contribution < 1.29 is 22.7 Å². The van der Waals surface area contributed by atoms with E-state index in [-0.39, 0.29) is 24.9 Å². The molecule has 2 aromatic rings. The Bertz CT molecular complexity index is 1120. The zero-order valence-corrected chi connectivity index (χ0v) is 19.5. The predicted molar refractivity (Wildman–Crippen MR) is 125 cm³/mol. The molecule has 0 bridgehead atoms. The van der Waals surface area contributed by atoms with Gasteiger partial charge in [-0.25, -0.2) is 8.42 Å². The van der Waals surface area contributed by atoms with Gasteiger partial charge in [0.1, 0.15) is 5.75 Å². The van der Waals surface area contributed by atoms with E-state index in [1.54, 1.807) is 42.5 Å². The average Bonchev–Trinajstić information content (AvgIpc) is 2.93. The van der Waals surface area contributed by atoms with E-state index in [0.29, 0.717) is 22.7 Å². The zero-order chi connectivity index (χ0) is 23.5. The molecule has 1 aliphatic heterocycles. The highest BCUT2D eigenvalue weighted by Crippen LogP contribution is 2.35. The number of hydrogen-bond donors (Lipinski definition) is 2. The molecule has 0 saturated heterocycles. The third-order valence-corrected chi connectivity index (χ3v) is 6.54. The number of aryl methyl sites for hydroxylation is 1. The summed E-state index contributed by atoms with van der Waals surface area (Å²) < 4.78 is 31.9. The van der Waals surface area contributed by atoms with E-state index in [2.05, 4.69) is 10.6 Å². The summed E-state index contributed by atoms with van der Waals surface area (Å²) in [5.74, 6) is -0.404. The molecule has 2 aromatic carbocycles. The molecule has 0 aliphatic carbocycles. The maximum atomic E-state index is 13.1. The summed E-state index contributed by atoms with van der Waals surface area (Å²) in [5.41, 5.74) is 2.01. The first-order valence-corrected chi connectivity index (χ1v) is 12.4. The van der Waals surface area contributed by atoms with Crippen LogP contribution in [0.15, 0.2) is 42.5 Å². The first-order valence-electron chi connectivity index (χ1n) is 10.6. The van der Waals surface area contributed by atoms with Crippen molar-refractivity contribution in [2.24, 2.45) is 0 Å². The molecular formula is C23H29N3O5S. The molecule has 0 aromatic heterocycles. The smallest absolute Gasteiger partial charge is 0.265 e. The number of fused-ring (bicyclic) bond motifs is 1. The van der Waals surface area contributed by atoms with Crippen LogP contribution in [-0.4, -0.2) is 45.2 Å². The number of hydrogen-bond acceptors (Lipinski definition) is 5. The van der Waals surface area contributed by atoms with Crippen LogP contribution in [0, 0.1) is 6.92 Å². The van der Waals surface area contributed by atoms with Gasteiger partial charge >= 0.3 is 0 Å². The van der Waals surface area contributed by atoms with Crippen molar-refractivity contribution in [1.29, 1.82) is 0 Å². The lowest BCUT2D eigenvalue weighted by atomic mass is 10.1. The van der Waals surface area contributed by atoms with E-state index in [4.69, 9.17) is 4.74 Å². The molecule has 3 rings (SSSR count). The van der Waals surface area contributed by atoms with E-state index in [9.17, 15) is 18.0 Å². The molecule has 1 aliphatic rings. The molecule has 0 spiro atoms. The van der Waals surface area contributed by atoms with Gasteiger partial charge in [-0.15, -0.1) is 0 Å². The minimum Gasteiger partial charge on any atom is -0.478 e. The molecule has 0 saturated carbocycles. The summed E-state index contributed by atoms with van der Waals surface area (Å²) >= 11 is 0. The number of carbonyl (C=O) groups is 2. The van der Waals surface area contributed by atoms with Gasteiger partial charge in [0.25, 0.3) is 11.8 Å². The Labute approximate surface area is 189 Å². The second-order valence-electron chi connectivity index (χ2n) is 8.02. The Morgan fingerprint density at radius 1 is 1.22 bits per heavy atom. The highest BCUT2D eigenvalue weighted by molar-refractivity contribution is 7.92. The van der Waals surface area contributed by atoms with Gasteiger partial charge in [-0.3, -0.25) is 13.9 Å². The number of benzene rings is 2. The molecule has 8 nitrogen and oxygen atoms in total. The minimum absolute atomic E-state index is 0.00150. The Kier molecular flexibility index (Phi) is 7.08. The number of anilines is 2. The van der Waals surface area contributed by atoms with E-state index < -0.39 is 22.0 Å². The molecule has 9 heteroatoms. The van der Waals surface area contributed by atoms with Gasteiger partial charge in [-0.1, -0.05) is 25.1 Å². The number of ether oxygens (including phenoxy) is 1. The molecule has 2 N–H and O–H groups in total. The molecule has 32 heavy (non-hydrogen) atoms. The van der Waals surface area contributed by atoms with Crippen molar-refractivity contribution in [3.8, 4) is 5.75 Å². The van der Waals surface area contributed by atoms with Crippen molar-refractivity contribution in [2.75, 3.05) is 22.4 Å². The van der Waals surface area contributed by atoms with Gasteiger partial charge in [-0.05, 0) is 50.1 Å². The molecule has 0 radical (unpaired) electrons. The number of amides is 2. The van der Waals surface area contributed by atoms with Crippen LogP contribution in [0.1, 0.15) is 42.6 Å². The maximum Gasteiger partial charge on any atom is 0.265 e. The summed E-state index contributed by atoms with van der Waals surface area (Å²) in [6, 6.07) is 11.9. The molecule has 0 unspecified atom stereocenters. The molecule has 0 fully saturated rings. The Balaban J connectivity index is 1.84. The van der Waals surface area contributed by atoms with Crippen molar-refractivity contribution in [3.63, 3.8) is 0 Å². The number of nitrogens with zero attached hydrogens (tertiary/aromatic N) is 1. The van der Waals surface area contributed by atoms with E-state index in [1.807, 2.05) is 20.8 Å². The molecule has 172 valence electrons. The van der Waals surface area contributed by atoms with Crippen LogP contribution < -0.4 is 19.7 Å². The topological polar surface area (TPSA) is 105 Å². The van der Waals surface area contributed by atoms with Gasteiger partial charge in [0.2, 0.25) is 10.0 Å². The Morgan fingerprint density at radius 2 is 1.94 bits per heavy atom. The van der Waals surface area contributed by atoms with Crippen LogP contribution in [0.2, 0.25) is 0 Å². The van der Waals surface area contributed by atoms with Crippen LogP contribution in [0.25, 0.3) is 0 Å². The van der Waals surface area contributed by atoms with Crippen LogP contribution in [0.4, 0.5) is 11.4 Å². The van der Waals surface area contributed by atoms with Crippen molar-refractivity contribution in [1.82, 2.24) is 5.32 Å². The lowest BCUT2D eigenvalue weighted by molar-refractivity contribution is -0.122. The Morgan fingerprint density at radius 3 is 2.62 bits per heavy atom. The SMILES string of the molecule is CC[C@H](C)NC(=O)c1ccccc1NC(=O)[C@H]1CCN(S(C)(=O)=O)c2cc(C)ccc2O1. The van der Waals surface area contributed by atoms with Gasteiger partial charge < -0.3 is 15.4 Å². The average molecular weight is 460 g/mol. The molecule has 1 heterocycles. The summed E-state index contributed by atoms with van der Waals surface area (Å²) in [5, 5.41) is 5.68. The second kappa shape index (κ2) is 9.60. The molecule has 2 amide bonds. The number of para-hydroxylation sites is 1. The number of rotatable bonds is 6.